The second kappa shape index (κ2) is 5.09. The number of hydrogen-bond acceptors (Lipinski definition) is 1. The Kier molecular flexibility index (Phi) is 3.45. The van der Waals surface area contributed by atoms with Gasteiger partial charge in [0.25, 0.3) is 0 Å². The van der Waals surface area contributed by atoms with Crippen molar-refractivity contribution in [3.63, 3.8) is 0 Å². The van der Waals surface area contributed by atoms with Gasteiger partial charge in [-0.05, 0) is 52.4 Å². The maximum atomic E-state index is 13.0. The molecule has 3 rings (SSSR count). The zero-order chi connectivity index (χ0) is 13.4. The molecule has 2 nitrogen and oxygen atoms in total. The Morgan fingerprint density at radius 3 is 2.84 bits per heavy atom. The van der Waals surface area contributed by atoms with Crippen LogP contribution in [0.2, 0.25) is 5.02 Å². The highest BCUT2D eigenvalue weighted by atomic mass is 127. The van der Waals surface area contributed by atoms with Crippen LogP contribution in [0, 0.1) is 9.39 Å². The third-order valence-corrected chi connectivity index (χ3v) is 3.96. The Morgan fingerprint density at radius 2 is 2.05 bits per heavy atom. The van der Waals surface area contributed by atoms with Gasteiger partial charge in [0, 0.05) is 14.0 Å². The Labute approximate surface area is 128 Å². The summed E-state index contributed by atoms with van der Waals surface area (Å²) in [6.45, 7) is 0.530. The molecule has 0 atom stereocenters. The number of rotatable bonds is 2. The molecule has 2 aromatic carbocycles. The highest BCUT2D eigenvalue weighted by Gasteiger charge is 2.07. The van der Waals surface area contributed by atoms with E-state index >= 15 is 0 Å². The van der Waals surface area contributed by atoms with Crippen LogP contribution in [-0.4, -0.2) is 9.78 Å². The zero-order valence-electron chi connectivity index (χ0n) is 9.78. The van der Waals surface area contributed by atoms with Crippen LogP contribution in [0.1, 0.15) is 5.56 Å². The average molecular weight is 387 g/mol. The van der Waals surface area contributed by atoms with Crippen molar-refractivity contribution < 1.29 is 4.39 Å². The van der Waals surface area contributed by atoms with Crippen molar-refractivity contribution in [1.82, 2.24) is 9.78 Å². The van der Waals surface area contributed by atoms with Crippen LogP contribution < -0.4 is 0 Å². The summed E-state index contributed by atoms with van der Waals surface area (Å²) in [5.74, 6) is -0.325. The Morgan fingerprint density at radius 1 is 1.21 bits per heavy atom. The first-order valence-electron chi connectivity index (χ1n) is 5.68. The lowest BCUT2D eigenvalue weighted by atomic mass is 10.2. The molecule has 5 heteroatoms. The fraction of sp³-hybridized carbons (Fsp3) is 0.0714. The van der Waals surface area contributed by atoms with E-state index in [1.54, 1.807) is 6.07 Å². The predicted octanol–water partition coefficient (Wildman–Crippen LogP) is 4.48. The Balaban J connectivity index is 2.03. The van der Waals surface area contributed by atoms with Crippen LogP contribution >= 0.6 is 34.2 Å². The maximum Gasteiger partial charge on any atom is 0.124 e. The number of nitrogens with zero attached hydrogens (tertiary/aromatic N) is 2. The van der Waals surface area contributed by atoms with Crippen molar-refractivity contribution in [2.45, 2.75) is 6.54 Å². The number of aromatic nitrogens is 2. The number of benzene rings is 2. The van der Waals surface area contributed by atoms with Crippen molar-refractivity contribution in [3.05, 3.63) is 62.6 Å². The molecule has 0 saturated carbocycles. The van der Waals surface area contributed by atoms with E-state index in [1.807, 2.05) is 23.0 Å². The molecule has 0 saturated heterocycles. The number of hydrogen-bond donors (Lipinski definition) is 0. The van der Waals surface area contributed by atoms with E-state index in [9.17, 15) is 4.39 Å². The van der Waals surface area contributed by atoms with Crippen LogP contribution in [0.3, 0.4) is 0 Å². The van der Waals surface area contributed by atoms with Gasteiger partial charge in [0.15, 0.2) is 0 Å². The second-order valence-electron chi connectivity index (χ2n) is 4.24. The van der Waals surface area contributed by atoms with Gasteiger partial charge in [0.2, 0.25) is 0 Å². The molecule has 0 N–H and O–H groups in total. The Hall–Kier alpha value is -1.14. The van der Waals surface area contributed by atoms with E-state index in [0.717, 1.165) is 20.0 Å². The summed E-state index contributed by atoms with van der Waals surface area (Å²) in [6, 6.07) is 10.6. The van der Waals surface area contributed by atoms with E-state index in [2.05, 4.69) is 33.8 Å². The molecule has 96 valence electrons. The van der Waals surface area contributed by atoms with E-state index < -0.39 is 0 Å². The number of fused-ring (bicyclic) bond motifs is 1. The van der Waals surface area contributed by atoms with Crippen LogP contribution in [0.4, 0.5) is 4.39 Å². The highest BCUT2D eigenvalue weighted by Crippen LogP contribution is 2.22. The maximum absolute atomic E-state index is 13.0. The van der Waals surface area contributed by atoms with Gasteiger partial charge in [-0.2, -0.15) is 5.10 Å². The summed E-state index contributed by atoms with van der Waals surface area (Å²) in [5.41, 5.74) is 1.90. The molecule has 19 heavy (non-hydrogen) atoms. The van der Waals surface area contributed by atoms with Crippen molar-refractivity contribution in [1.29, 1.82) is 0 Å². The van der Waals surface area contributed by atoms with Gasteiger partial charge in [-0.3, -0.25) is 4.68 Å². The molecule has 0 fully saturated rings. The average Bonchev–Trinajstić information content (AvgIpc) is 2.75. The van der Waals surface area contributed by atoms with E-state index in [0.29, 0.717) is 11.6 Å². The molecule has 1 heterocycles. The minimum atomic E-state index is -0.325. The molecule has 0 amide bonds. The first-order valence-corrected chi connectivity index (χ1v) is 7.14. The topological polar surface area (TPSA) is 17.8 Å². The summed E-state index contributed by atoms with van der Waals surface area (Å²) < 4.78 is 16.0. The van der Waals surface area contributed by atoms with Crippen LogP contribution in [0.15, 0.2) is 42.6 Å². The summed E-state index contributed by atoms with van der Waals surface area (Å²) in [7, 11) is 0. The van der Waals surface area contributed by atoms with Gasteiger partial charge in [0.1, 0.15) is 5.82 Å². The first-order chi connectivity index (χ1) is 9.13. The van der Waals surface area contributed by atoms with Crippen LogP contribution in [-0.2, 0) is 6.54 Å². The second-order valence-corrected chi connectivity index (χ2v) is 5.89. The molecule has 0 unspecified atom stereocenters. The third kappa shape index (κ3) is 2.60. The predicted molar refractivity (Wildman–Crippen MR) is 83.0 cm³/mol. The highest BCUT2D eigenvalue weighted by molar-refractivity contribution is 14.1. The largest absolute Gasteiger partial charge is 0.260 e. The smallest absolute Gasteiger partial charge is 0.124 e. The van der Waals surface area contributed by atoms with Gasteiger partial charge >= 0.3 is 0 Å². The van der Waals surface area contributed by atoms with Gasteiger partial charge in [-0.1, -0.05) is 23.7 Å². The zero-order valence-corrected chi connectivity index (χ0v) is 12.7. The minimum absolute atomic E-state index is 0.325. The fourth-order valence-corrected chi connectivity index (χ4v) is 2.68. The summed E-state index contributed by atoms with van der Waals surface area (Å²) >= 11 is 8.31. The summed E-state index contributed by atoms with van der Waals surface area (Å²) in [5, 5.41) is 5.86. The van der Waals surface area contributed by atoms with Crippen LogP contribution in [0.5, 0.6) is 0 Å². The molecule has 0 aliphatic carbocycles. The van der Waals surface area contributed by atoms with Gasteiger partial charge in [-0.25, -0.2) is 4.39 Å². The summed E-state index contributed by atoms with van der Waals surface area (Å²) in [6.07, 6.45) is 1.82. The third-order valence-electron chi connectivity index (χ3n) is 2.94. The lowest BCUT2D eigenvalue weighted by Crippen LogP contribution is -2.02. The molecule has 0 radical (unpaired) electrons. The number of halogens is 3. The Bertz CT molecular complexity index is 754. The van der Waals surface area contributed by atoms with Crippen molar-refractivity contribution in [3.8, 4) is 0 Å². The summed E-state index contributed by atoms with van der Waals surface area (Å²) in [4.78, 5) is 0. The molecule has 0 spiro atoms. The van der Waals surface area contributed by atoms with Gasteiger partial charge < -0.3 is 0 Å². The molecule has 0 aliphatic heterocycles. The van der Waals surface area contributed by atoms with Crippen molar-refractivity contribution >= 4 is 45.1 Å². The normalized spacial score (nSPS) is 11.1. The standard InChI is InChI=1S/C14H9ClFIN2/c15-13-5-11(16)3-1-10(13)8-19-14-6-12(17)4-2-9(14)7-18-19/h1-7H,8H2. The van der Waals surface area contributed by atoms with E-state index in [-0.39, 0.29) is 5.82 Å². The van der Waals surface area contributed by atoms with E-state index in [1.165, 1.54) is 12.1 Å². The molecular formula is C14H9ClFIN2. The fourth-order valence-electron chi connectivity index (χ4n) is 1.98. The molecule has 1 aromatic heterocycles. The monoisotopic (exact) mass is 386 g/mol. The van der Waals surface area contributed by atoms with Crippen LogP contribution in [0.25, 0.3) is 10.9 Å². The molecule has 3 aromatic rings. The van der Waals surface area contributed by atoms with Crippen molar-refractivity contribution in [2.75, 3.05) is 0 Å². The SMILES string of the molecule is Fc1ccc(Cn2ncc3ccc(I)cc32)c(Cl)c1. The molecule has 0 aliphatic rings. The lowest BCUT2D eigenvalue weighted by Gasteiger charge is -2.06. The van der Waals surface area contributed by atoms with Gasteiger partial charge in [0.05, 0.1) is 18.3 Å². The molecular weight excluding hydrogens is 378 g/mol. The minimum Gasteiger partial charge on any atom is -0.260 e. The quantitative estimate of drug-likeness (QED) is 0.594. The van der Waals surface area contributed by atoms with Crippen molar-refractivity contribution in [2.24, 2.45) is 0 Å². The first kappa shape index (κ1) is 12.9. The van der Waals surface area contributed by atoms with Gasteiger partial charge in [-0.15, -0.1) is 0 Å². The van der Waals surface area contributed by atoms with E-state index in [4.69, 9.17) is 11.6 Å². The molecule has 0 bridgehead atoms. The lowest BCUT2D eigenvalue weighted by molar-refractivity contribution is 0.625.